The first-order valence-electron chi connectivity index (χ1n) is 7.53. The number of hydrogen-bond acceptors (Lipinski definition) is 4. The number of hydrogen-bond donors (Lipinski definition) is 1. The van der Waals surface area contributed by atoms with Crippen molar-refractivity contribution in [1.82, 2.24) is 14.9 Å². The zero-order valence-corrected chi connectivity index (χ0v) is 14.1. The Labute approximate surface area is 144 Å². The fourth-order valence-corrected chi connectivity index (χ4v) is 3.34. The lowest BCUT2D eigenvalue weighted by molar-refractivity contribution is -0.119. The van der Waals surface area contributed by atoms with Crippen molar-refractivity contribution in [3.05, 3.63) is 41.7 Å². The van der Waals surface area contributed by atoms with E-state index in [1.165, 1.54) is 11.8 Å². The van der Waals surface area contributed by atoms with Gasteiger partial charge in [-0.25, -0.2) is 4.98 Å². The van der Waals surface area contributed by atoms with Gasteiger partial charge >= 0.3 is 0 Å². The van der Waals surface area contributed by atoms with Crippen LogP contribution in [0.5, 0.6) is 0 Å². The fourth-order valence-electron chi connectivity index (χ4n) is 2.41. The number of carbonyl (C=O) groups is 1. The molecule has 1 aliphatic rings. The third-order valence-corrected chi connectivity index (χ3v) is 4.81. The second kappa shape index (κ2) is 7.86. The predicted octanol–water partition coefficient (Wildman–Crippen LogP) is 2.91. The molecule has 23 heavy (non-hydrogen) atoms. The third kappa shape index (κ3) is 4.50. The molecule has 1 aliphatic heterocycles. The molecule has 0 bridgehead atoms. The van der Waals surface area contributed by atoms with E-state index in [4.69, 9.17) is 16.3 Å². The zero-order valence-electron chi connectivity index (χ0n) is 12.6. The molecule has 122 valence electrons. The lowest BCUT2D eigenvalue weighted by Crippen LogP contribution is -2.32. The number of thioether (sulfide) groups is 1. The molecule has 1 atom stereocenters. The Morgan fingerprint density at radius 2 is 2.26 bits per heavy atom. The number of amides is 1. The van der Waals surface area contributed by atoms with Crippen LogP contribution in [0.15, 0.2) is 41.8 Å². The zero-order chi connectivity index (χ0) is 16.1. The highest BCUT2D eigenvalue weighted by Gasteiger charge is 2.16. The van der Waals surface area contributed by atoms with Gasteiger partial charge in [-0.3, -0.25) is 9.36 Å². The standard InChI is InChI=1S/C16H18ClN3O2S/c17-12-3-5-13(6-4-12)20-8-7-18-16(20)23-11-15(21)19-10-14-2-1-9-22-14/h3-8,14H,1-2,9-11H2,(H,19,21)/t14-/m1/s1. The van der Waals surface area contributed by atoms with Crippen molar-refractivity contribution in [3.8, 4) is 5.69 Å². The molecule has 1 aromatic carbocycles. The molecule has 1 amide bonds. The summed E-state index contributed by atoms with van der Waals surface area (Å²) in [5.41, 5.74) is 0.967. The van der Waals surface area contributed by atoms with Gasteiger partial charge in [0.05, 0.1) is 11.9 Å². The van der Waals surface area contributed by atoms with Gasteiger partial charge in [0.2, 0.25) is 5.91 Å². The molecule has 7 heteroatoms. The van der Waals surface area contributed by atoms with E-state index in [1.54, 1.807) is 6.20 Å². The summed E-state index contributed by atoms with van der Waals surface area (Å²) < 4.78 is 7.43. The molecular formula is C16H18ClN3O2S. The second-order valence-corrected chi connectivity index (χ2v) is 6.66. The molecule has 0 unspecified atom stereocenters. The minimum atomic E-state index is -0.00356. The maximum atomic E-state index is 11.9. The molecule has 2 aromatic rings. The average Bonchev–Trinajstić information content (AvgIpc) is 3.23. The minimum Gasteiger partial charge on any atom is -0.376 e. The van der Waals surface area contributed by atoms with E-state index < -0.39 is 0 Å². The van der Waals surface area contributed by atoms with Crippen LogP contribution in [-0.4, -0.2) is 40.5 Å². The van der Waals surface area contributed by atoms with Gasteiger partial charge in [0, 0.05) is 36.3 Å². The van der Waals surface area contributed by atoms with Crippen LogP contribution < -0.4 is 5.32 Å². The summed E-state index contributed by atoms with van der Waals surface area (Å²) in [7, 11) is 0. The lowest BCUT2D eigenvalue weighted by atomic mass is 10.2. The van der Waals surface area contributed by atoms with E-state index >= 15 is 0 Å². The van der Waals surface area contributed by atoms with Crippen molar-refractivity contribution in [2.75, 3.05) is 18.9 Å². The number of ether oxygens (including phenoxy) is 1. The Morgan fingerprint density at radius 1 is 1.43 bits per heavy atom. The number of carbonyl (C=O) groups excluding carboxylic acids is 1. The quantitative estimate of drug-likeness (QED) is 0.813. The first-order chi connectivity index (χ1) is 11.2. The highest BCUT2D eigenvalue weighted by Crippen LogP contribution is 2.21. The largest absolute Gasteiger partial charge is 0.376 e. The van der Waals surface area contributed by atoms with Crippen molar-refractivity contribution in [2.45, 2.75) is 24.1 Å². The molecular weight excluding hydrogens is 334 g/mol. The van der Waals surface area contributed by atoms with E-state index in [1.807, 2.05) is 35.0 Å². The summed E-state index contributed by atoms with van der Waals surface area (Å²) in [6.45, 7) is 1.39. The Morgan fingerprint density at radius 3 is 3.00 bits per heavy atom. The molecule has 1 N–H and O–H groups in total. The molecule has 3 rings (SSSR count). The van der Waals surface area contributed by atoms with Crippen molar-refractivity contribution in [3.63, 3.8) is 0 Å². The SMILES string of the molecule is O=C(CSc1nccn1-c1ccc(Cl)cc1)NC[C@H]1CCCO1. The van der Waals surface area contributed by atoms with Gasteiger partial charge in [0.1, 0.15) is 0 Å². The topological polar surface area (TPSA) is 56.2 Å². The number of imidazole rings is 1. The predicted molar refractivity (Wildman–Crippen MR) is 91.3 cm³/mol. The number of nitrogens with one attached hydrogen (secondary N) is 1. The summed E-state index contributed by atoms with van der Waals surface area (Å²) in [6.07, 6.45) is 5.86. The number of rotatable bonds is 6. The molecule has 0 radical (unpaired) electrons. The monoisotopic (exact) mass is 351 g/mol. The van der Waals surface area contributed by atoms with Crippen molar-refractivity contribution in [2.24, 2.45) is 0 Å². The van der Waals surface area contributed by atoms with Gasteiger partial charge in [0.15, 0.2) is 5.16 Å². The Bertz CT molecular complexity index is 654. The number of halogens is 1. The van der Waals surface area contributed by atoms with E-state index in [9.17, 15) is 4.79 Å². The Balaban J connectivity index is 1.53. The first-order valence-corrected chi connectivity index (χ1v) is 8.89. The molecule has 0 aliphatic carbocycles. The van der Waals surface area contributed by atoms with E-state index in [-0.39, 0.29) is 12.0 Å². The van der Waals surface area contributed by atoms with Gasteiger partial charge in [0.25, 0.3) is 0 Å². The van der Waals surface area contributed by atoms with Gasteiger partial charge in [-0.05, 0) is 37.1 Å². The van der Waals surface area contributed by atoms with E-state index in [2.05, 4.69) is 10.3 Å². The Kier molecular flexibility index (Phi) is 5.59. The van der Waals surface area contributed by atoms with E-state index in [0.29, 0.717) is 17.3 Å². The maximum Gasteiger partial charge on any atom is 0.230 e. The van der Waals surface area contributed by atoms with Gasteiger partial charge < -0.3 is 10.1 Å². The summed E-state index contributed by atoms with van der Waals surface area (Å²) in [6, 6.07) is 7.51. The second-order valence-electron chi connectivity index (χ2n) is 5.28. The highest BCUT2D eigenvalue weighted by molar-refractivity contribution is 7.99. The van der Waals surface area contributed by atoms with Gasteiger partial charge in [-0.2, -0.15) is 0 Å². The molecule has 1 saturated heterocycles. The molecule has 0 spiro atoms. The molecule has 5 nitrogen and oxygen atoms in total. The van der Waals surface area contributed by atoms with Crippen LogP contribution in [0, 0.1) is 0 Å². The number of benzene rings is 1. The van der Waals surface area contributed by atoms with Crippen LogP contribution in [0.2, 0.25) is 5.02 Å². The van der Waals surface area contributed by atoms with Crippen LogP contribution in [0.1, 0.15) is 12.8 Å². The van der Waals surface area contributed by atoms with Crippen LogP contribution in [-0.2, 0) is 9.53 Å². The minimum absolute atomic E-state index is 0.00356. The van der Waals surface area contributed by atoms with Crippen molar-refractivity contribution in [1.29, 1.82) is 0 Å². The molecule has 1 aromatic heterocycles. The summed E-state index contributed by atoms with van der Waals surface area (Å²) >= 11 is 7.32. The van der Waals surface area contributed by atoms with Crippen molar-refractivity contribution < 1.29 is 9.53 Å². The van der Waals surface area contributed by atoms with Crippen molar-refractivity contribution >= 4 is 29.3 Å². The maximum absolute atomic E-state index is 11.9. The Hall–Kier alpha value is -1.50. The fraction of sp³-hybridized carbons (Fsp3) is 0.375. The molecule has 1 fully saturated rings. The first kappa shape index (κ1) is 16.4. The van der Waals surface area contributed by atoms with E-state index in [0.717, 1.165) is 30.3 Å². The van der Waals surface area contributed by atoms with Crippen LogP contribution in [0.25, 0.3) is 5.69 Å². The third-order valence-electron chi connectivity index (χ3n) is 3.59. The molecule has 0 saturated carbocycles. The highest BCUT2D eigenvalue weighted by atomic mass is 35.5. The summed E-state index contributed by atoms with van der Waals surface area (Å²) in [5.74, 6) is 0.327. The lowest BCUT2D eigenvalue weighted by Gasteiger charge is -2.11. The summed E-state index contributed by atoms with van der Waals surface area (Å²) in [4.78, 5) is 16.3. The summed E-state index contributed by atoms with van der Waals surface area (Å²) in [5, 5.41) is 4.38. The normalized spacial score (nSPS) is 17.3. The van der Waals surface area contributed by atoms with Crippen LogP contribution in [0.3, 0.4) is 0 Å². The average molecular weight is 352 g/mol. The van der Waals surface area contributed by atoms with Gasteiger partial charge in [-0.15, -0.1) is 0 Å². The van der Waals surface area contributed by atoms with Crippen LogP contribution in [0.4, 0.5) is 0 Å². The number of aromatic nitrogens is 2. The van der Waals surface area contributed by atoms with Gasteiger partial charge in [-0.1, -0.05) is 23.4 Å². The molecule has 2 heterocycles. The van der Waals surface area contributed by atoms with Crippen LogP contribution >= 0.6 is 23.4 Å². The smallest absolute Gasteiger partial charge is 0.230 e. The number of nitrogens with zero attached hydrogens (tertiary/aromatic N) is 2.